The summed E-state index contributed by atoms with van der Waals surface area (Å²) in [4.78, 5) is 34.3. The third-order valence-corrected chi connectivity index (χ3v) is 7.80. The fourth-order valence-corrected chi connectivity index (χ4v) is 5.52. The molecule has 1 aliphatic rings. The van der Waals surface area contributed by atoms with Gasteiger partial charge in [0.25, 0.3) is 0 Å². The predicted molar refractivity (Wildman–Crippen MR) is 152 cm³/mol. The highest BCUT2D eigenvalue weighted by molar-refractivity contribution is 5.86. The molecule has 0 radical (unpaired) electrons. The van der Waals surface area contributed by atoms with Crippen molar-refractivity contribution in [2.75, 3.05) is 13.1 Å². The van der Waals surface area contributed by atoms with Crippen LogP contribution in [0.5, 0.6) is 0 Å². The molecule has 6 heteroatoms. The summed E-state index contributed by atoms with van der Waals surface area (Å²) in [5.74, 6) is -0.416. The molecule has 4 aromatic rings. The van der Waals surface area contributed by atoms with Crippen molar-refractivity contribution in [3.05, 3.63) is 107 Å². The van der Waals surface area contributed by atoms with Gasteiger partial charge in [-0.3, -0.25) is 9.59 Å². The molecule has 2 amide bonds. The maximum Gasteiger partial charge on any atom is 0.242 e. The van der Waals surface area contributed by atoms with Gasteiger partial charge >= 0.3 is 0 Å². The molecule has 0 bridgehead atoms. The molecule has 1 aliphatic carbocycles. The number of hydrogen-bond donors (Lipinski definition) is 1. The molecule has 202 valence electrons. The first-order valence-corrected chi connectivity index (χ1v) is 13.9. The molecule has 1 saturated carbocycles. The summed E-state index contributed by atoms with van der Waals surface area (Å²) in [5, 5.41) is 1.16. The normalized spacial score (nSPS) is 13.6. The predicted octanol–water partition coefficient (Wildman–Crippen LogP) is 6.41. The van der Waals surface area contributed by atoms with E-state index in [1.807, 2.05) is 30.2 Å². The summed E-state index contributed by atoms with van der Waals surface area (Å²) < 4.78 is 13.5. The van der Waals surface area contributed by atoms with Crippen LogP contribution in [0, 0.1) is 18.7 Å². The van der Waals surface area contributed by atoms with Crippen LogP contribution < -0.4 is 0 Å². The minimum Gasteiger partial charge on any atom is -0.361 e. The van der Waals surface area contributed by atoms with E-state index < -0.39 is 0 Å². The summed E-state index contributed by atoms with van der Waals surface area (Å²) >= 11 is 0. The number of carbonyl (C=O) groups is 2. The summed E-state index contributed by atoms with van der Waals surface area (Å²) in [6.07, 6.45) is 6.53. The van der Waals surface area contributed by atoms with Crippen LogP contribution in [0.4, 0.5) is 4.39 Å². The summed E-state index contributed by atoms with van der Waals surface area (Å²) in [6, 6.07) is 22.6. The van der Waals surface area contributed by atoms with Gasteiger partial charge < -0.3 is 14.8 Å². The van der Waals surface area contributed by atoms with Gasteiger partial charge in [0.05, 0.1) is 0 Å². The Morgan fingerprint density at radius 1 is 0.872 bits per heavy atom. The molecule has 0 spiro atoms. The number of carbonyl (C=O) groups excluding carboxylic acids is 2. The number of hydrogen-bond acceptors (Lipinski definition) is 2. The molecule has 1 aromatic heterocycles. The lowest BCUT2D eigenvalue weighted by molar-refractivity contribution is -0.143. The Balaban J connectivity index is 1.36. The van der Waals surface area contributed by atoms with Gasteiger partial charge in [0.15, 0.2) is 0 Å². The van der Waals surface area contributed by atoms with Crippen LogP contribution in [-0.2, 0) is 29.1 Å². The first kappa shape index (κ1) is 26.7. The molecule has 0 saturated heterocycles. The number of amides is 2. The van der Waals surface area contributed by atoms with Crippen molar-refractivity contribution in [2.45, 2.75) is 52.1 Å². The van der Waals surface area contributed by atoms with Crippen LogP contribution in [0.15, 0.2) is 79.0 Å². The number of halogens is 1. The van der Waals surface area contributed by atoms with Crippen molar-refractivity contribution in [3.8, 4) is 0 Å². The first-order chi connectivity index (χ1) is 19.0. The molecule has 39 heavy (non-hydrogen) atoms. The number of nitrogens with zero attached hydrogens (tertiary/aromatic N) is 2. The minimum atomic E-state index is -0.315. The van der Waals surface area contributed by atoms with Crippen molar-refractivity contribution in [3.63, 3.8) is 0 Å². The topological polar surface area (TPSA) is 56.4 Å². The quantitative estimate of drug-likeness (QED) is 0.260. The van der Waals surface area contributed by atoms with Gasteiger partial charge in [0.1, 0.15) is 12.4 Å². The van der Waals surface area contributed by atoms with Gasteiger partial charge in [0.2, 0.25) is 11.8 Å². The third-order valence-electron chi connectivity index (χ3n) is 7.80. The van der Waals surface area contributed by atoms with Crippen LogP contribution in [0.3, 0.4) is 0 Å². The van der Waals surface area contributed by atoms with E-state index in [0.717, 1.165) is 53.3 Å². The van der Waals surface area contributed by atoms with Crippen molar-refractivity contribution < 1.29 is 14.0 Å². The second-order valence-electron chi connectivity index (χ2n) is 10.7. The zero-order chi connectivity index (χ0) is 27.2. The Bertz CT molecular complexity index is 1410. The summed E-state index contributed by atoms with van der Waals surface area (Å²) in [7, 11) is 0. The standard InChI is InChI=1S/C33H36FN3O2/c1-24-10-12-25(13-11-24)21-36(19-18-28-20-35-31-9-5-4-8-30(28)31)32(38)23-37(33(39)27-6-2-3-7-27)22-26-14-16-29(34)17-15-26/h4-5,8-17,20,27,35H,2-3,6-7,18-19,21-23H2,1H3. The molecule has 5 rings (SSSR count). The van der Waals surface area contributed by atoms with Gasteiger partial charge in [0, 0.05) is 42.7 Å². The Hall–Kier alpha value is -3.93. The molecular weight excluding hydrogens is 489 g/mol. The van der Waals surface area contributed by atoms with Crippen LogP contribution in [0.2, 0.25) is 0 Å². The van der Waals surface area contributed by atoms with Gasteiger partial charge in [-0.15, -0.1) is 0 Å². The van der Waals surface area contributed by atoms with Gasteiger partial charge in [-0.05, 0) is 61.1 Å². The highest BCUT2D eigenvalue weighted by Crippen LogP contribution is 2.27. The molecule has 5 nitrogen and oxygen atoms in total. The maximum atomic E-state index is 13.9. The van der Waals surface area contributed by atoms with E-state index in [-0.39, 0.29) is 30.1 Å². The van der Waals surface area contributed by atoms with Crippen LogP contribution in [-0.4, -0.2) is 39.7 Å². The smallest absolute Gasteiger partial charge is 0.242 e. The van der Waals surface area contributed by atoms with E-state index in [1.54, 1.807) is 17.0 Å². The molecule has 3 aromatic carbocycles. The zero-order valence-corrected chi connectivity index (χ0v) is 22.5. The van der Waals surface area contributed by atoms with Crippen LogP contribution in [0.25, 0.3) is 10.9 Å². The lowest BCUT2D eigenvalue weighted by Gasteiger charge is -2.29. The van der Waals surface area contributed by atoms with Gasteiger partial charge in [-0.1, -0.05) is 73.0 Å². The lowest BCUT2D eigenvalue weighted by Crippen LogP contribution is -2.44. The monoisotopic (exact) mass is 525 g/mol. The number of fused-ring (bicyclic) bond motifs is 1. The molecular formula is C33H36FN3O2. The average Bonchev–Trinajstić information content (AvgIpc) is 3.63. The van der Waals surface area contributed by atoms with Crippen molar-refractivity contribution in [2.24, 2.45) is 5.92 Å². The Labute approximate surface area is 229 Å². The van der Waals surface area contributed by atoms with E-state index in [9.17, 15) is 14.0 Å². The second-order valence-corrected chi connectivity index (χ2v) is 10.7. The third kappa shape index (κ3) is 6.75. The molecule has 1 N–H and O–H groups in total. The average molecular weight is 526 g/mol. The number of aromatic amines is 1. The van der Waals surface area contributed by atoms with E-state index >= 15 is 0 Å². The maximum absolute atomic E-state index is 13.9. The fourth-order valence-electron chi connectivity index (χ4n) is 5.52. The molecule has 1 heterocycles. The first-order valence-electron chi connectivity index (χ1n) is 13.9. The van der Waals surface area contributed by atoms with Crippen LogP contribution in [0.1, 0.15) is 47.9 Å². The Morgan fingerprint density at radius 3 is 2.23 bits per heavy atom. The number of rotatable bonds is 10. The largest absolute Gasteiger partial charge is 0.361 e. The van der Waals surface area contributed by atoms with Crippen molar-refractivity contribution in [1.29, 1.82) is 0 Å². The van der Waals surface area contributed by atoms with Crippen molar-refractivity contribution in [1.82, 2.24) is 14.8 Å². The fraction of sp³-hybridized carbons (Fsp3) is 0.333. The molecule has 0 atom stereocenters. The zero-order valence-electron chi connectivity index (χ0n) is 22.5. The highest BCUT2D eigenvalue weighted by atomic mass is 19.1. The SMILES string of the molecule is Cc1ccc(CN(CCc2c[nH]c3ccccc23)C(=O)CN(Cc2ccc(F)cc2)C(=O)C2CCCC2)cc1. The number of nitrogens with one attached hydrogen (secondary N) is 1. The van der Waals surface area contributed by atoms with Gasteiger partial charge in [-0.25, -0.2) is 4.39 Å². The number of aryl methyl sites for hydroxylation is 1. The number of para-hydroxylation sites is 1. The Morgan fingerprint density at radius 2 is 1.51 bits per heavy atom. The van der Waals surface area contributed by atoms with E-state index in [0.29, 0.717) is 26.1 Å². The van der Waals surface area contributed by atoms with E-state index in [2.05, 4.69) is 41.4 Å². The highest BCUT2D eigenvalue weighted by Gasteiger charge is 2.29. The number of H-pyrrole nitrogens is 1. The number of aromatic nitrogens is 1. The second kappa shape index (κ2) is 12.3. The molecule has 1 fully saturated rings. The lowest BCUT2D eigenvalue weighted by atomic mass is 10.1. The Kier molecular flexibility index (Phi) is 8.40. The minimum absolute atomic E-state index is 0.00640. The van der Waals surface area contributed by atoms with Crippen LogP contribution >= 0.6 is 0 Å². The number of benzene rings is 3. The summed E-state index contributed by atoms with van der Waals surface area (Å²) in [5.41, 5.74) is 5.29. The van der Waals surface area contributed by atoms with Crippen molar-refractivity contribution >= 4 is 22.7 Å². The van der Waals surface area contributed by atoms with E-state index in [4.69, 9.17) is 0 Å². The van der Waals surface area contributed by atoms with Gasteiger partial charge in [-0.2, -0.15) is 0 Å². The molecule has 0 unspecified atom stereocenters. The summed E-state index contributed by atoms with van der Waals surface area (Å²) in [6.45, 7) is 3.36. The van der Waals surface area contributed by atoms with E-state index in [1.165, 1.54) is 17.7 Å². The molecule has 0 aliphatic heterocycles.